The van der Waals surface area contributed by atoms with Crippen molar-refractivity contribution in [1.29, 1.82) is 0 Å². The Balaban J connectivity index is 2.77. The number of rotatable bonds is 3. The van der Waals surface area contributed by atoms with Crippen LogP contribution in [0.15, 0.2) is 0 Å². The summed E-state index contributed by atoms with van der Waals surface area (Å²) in [6.45, 7) is 12.6. The lowest BCUT2D eigenvalue weighted by molar-refractivity contribution is -0.132. The summed E-state index contributed by atoms with van der Waals surface area (Å²) < 4.78 is 6.15. The van der Waals surface area contributed by atoms with Gasteiger partial charge in [-0.25, -0.2) is 0 Å². The topological polar surface area (TPSA) is 46.5 Å². The molecule has 100 valence electrons. The number of ketones is 1. The maximum absolute atomic E-state index is 12.2. The van der Waals surface area contributed by atoms with Crippen LogP contribution in [0.4, 0.5) is 0 Å². The molecule has 0 aromatic heterocycles. The van der Waals surface area contributed by atoms with Gasteiger partial charge < -0.3 is 9.53 Å². The predicted octanol–water partition coefficient (Wildman–Crippen LogP) is 2.74. The van der Waals surface area contributed by atoms with Gasteiger partial charge in [-0.15, -0.1) is 0 Å². The average Bonchev–Trinajstić information content (AvgIpc) is 2.45. The molecule has 1 aliphatic carbocycles. The summed E-state index contributed by atoms with van der Waals surface area (Å²) in [4.78, 5) is 12.2. The molecule has 0 aliphatic heterocycles. The third-order valence-electron chi connectivity index (χ3n) is 4.44. The summed E-state index contributed by atoms with van der Waals surface area (Å²) in [7, 11) is -1.89. The summed E-state index contributed by atoms with van der Waals surface area (Å²) in [6, 6.07) is 0. The van der Waals surface area contributed by atoms with Gasteiger partial charge >= 0.3 is 0 Å². The minimum Gasteiger partial charge on any atom is -0.407 e. The maximum atomic E-state index is 12.2. The highest BCUT2D eigenvalue weighted by Gasteiger charge is 2.48. The van der Waals surface area contributed by atoms with Gasteiger partial charge in [0.05, 0.1) is 12.0 Å². The van der Waals surface area contributed by atoms with Crippen molar-refractivity contribution in [2.45, 2.75) is 64.8 Å². The standard InChI is InChI=1S/C13H26O3Si/c1-12(2,3)17(5,6)16-10-7-8-13(4,9-14)11(10)15/h10,14H,7-9H2,1-6H3/t10-,13+/m0/s1. The number of aliphatic hydroxyl groups is 1. The molecule has 0 aromatic rings. The Labute approximate surface area is 106 Å². The van der Waals surface area contributed by atoms with E-state index in [1.54, 1.807) is 0 Å². The van der Waals surface area contributed by atoms with Gasteiger partial charge in [0.15, 0.2) is 14.1 Å². The molecule has 3 nitrogen and oxygen atoms in total. The van der Waals surface area contributed by atoms with E-state index < -0.39 is 13.7 Å². The van der Waals surface area contributed by atoms with E-state index in [0.717, 1.165) is 12.8 Å². The molecule has 0 heterocycles. The Morgan fingerprint density at radius 2 is 2.00 bits per heavy atom. The third-order valence-corrected chi connectivity index (χ3v) is 8.92. The smallest absolute Gasteiger partial charge is 0.193 e. The van der Waals surface area contributed by atoms with E-state index in [0.29, 0.717) is 0 Å². The predicted molar refractivity (Wildman–Crippen MR) is 71.5 cm³/mol. The number of carbonyl (C=O) groups excluding carboxylic acids is 1. The molecular formula is C13H26O3Si. The fraction of sp³-hybridized carbons (Fsp3) is 0.923. The van der Waals surface area contributed by atoms with Gasteiger partial charge in [0.1, 0.15) is 6.10 Å². The van der Waals surface area contributed by atoms with Crippen LogP contribution in [0.5, 0.6) is 0 Å². The van der Waals surface area contributed by atoms with Crippen molar-refractivity contribution >= 4 is 14.1 Å². The van der Waals surface area contributed by atoms with Crippen molar-refractivity contribution < 1.29 is 14.3 Å². The molecule has 0 spiro atoms. The second kappa shape index (κ2) is 4.48. The quantitative estimate of drug-likeness (QED) is 0.792. The monoisotopic (exact) mass is 258 g/mol. The highest BCUT2D eigenvalue weighted by molar-refractivity contribution is 6.74. The Hall–Kier alpha value is -0.193. The Kier molecular flexibility index (Phi) is 3.92. The molecule has 0 radical (unpaired) electrons. The zero-order valence-corrected chi connectivity index (χ0v) is 13.0. The summed E-state index contributed by atoms with van der Waals surface area (Å²) >= 11 is 0. The highest BCUT2D eigenvalue weighted by atomic mass is 28.4. The van der Waals surface area contributed by atoms with Gasteiger partial charge in [0, 0.05) is 0 Å². The van der Waals surface area contributed by atoms with Crippen LogP contribution in [0.3, 0.4) is 0 Å². The van der Waals surface area contributed by atoms with Crippen LogP contribution < -0.4 is 0 Å². The molecule has 0 saturated heterocycles. The van der Waals surface area contributed by atoms with E-state index >= 15 is 0 Å². The summed E-state index contributed by atoms with van der Waals surface area (Å²) in [5.41, 5.74) is -0.576. The highest BCUT2D eigenvalue weighted by Crippen LogP contribution is 2.42. The van der Waals surface area contributed by atoms with E-state index in [2.05, 4.69) is 33.9 Å². The van der Waals surface area contributed by atoms with E-state index in [-0.39, 0.29) is 23.5 Å². The van der Waals surface area contributed by atoms with Crippen LogP contribution in [0.1, 0.15) is 40.5 Å². The van der Waals surface area contributed by atoms with Crippen LogP contribution in [-0.4, -0.2) is 31.9 Å². The second-order valence-corrected chi connectivity index (χ2v) is 11.7. The second-order valence-electron chi connectivity index (χ2n) is 6.99. The van der Waals surface area contributed by atoms with Gasteiger partial charge in [0.2, 0.25) is 0 Å². The first-order chi connectivity index (χ1) is 7.53. The molecule has 4 heteroatoms. The number of Topliss-reactive ketones (excluding diaryl/α,β-unsaturated/α-hetero) is 1. The van der Waals surface area contributed by atoms with Crippen molar-refractivity contribution in [2.75, 3.05) is 6.61 Å². The van der Waals surface area contributed by atoms with Crippen LogP contribution in [0, 0.1) is 5.41 Å². The van der Waals surface area contributed by atoms with Gasteiger partial charge in [0.25, 0.3) is 0 Å². The molecule has 1 aliphatic rings. The van der Waals surface area contributed by atoms with Gasteiger partial charge in [-0.2, -0.15) is 0 Å². The molecule has 1 fully saturated rings. The lowest BCUT2D eigenvalue weighted by Crippen LogP contribution is -2.46. The Bertz CT molecular complexity index is 306. The normalized spacial score (nSPS) is 31.0. The minimum atomic E-state index is -1.89. The van der Waals surface area contributed by atoms with Crippen LogP contribution in [-0.2, 0) is 9.22 Å². The SMILES string of the molecule is CC(C)(C)[Si](C)(C)O[C@H]1CC[C@](C)(CO)C1=O. The van der Waals surface area contributed by atoms with Crippen molar-refractivity contribution in [3.05, 3.63) is 0 Å². The molecule has 0 bridgehead atoms. The largest absolute Gasteiger partial charge is 0.407 e. The molecular weight excluding hydrogens is 232 g/mol. The van der Waals surface area contributed by atoms with Crippen LogP contribution in [0.2, 0.25) is 18.1 Å². The fourth-order valence-corrected chi connectivity index (χ4v) is 3.18. The molecule has 17 heavy (non-hydrogen) atoms. The van der Waals surface area contributed by atoms with Crippen molar-refractivity contribution in [2.24, 2.45) is 5.41 Å². The first-order valence-electron chi connectivity index (χ1n) is 6.36. The van der Waals surface area contributed by atoms with Gasteiger partial charge in [-0.05, 0) is 31.0 Å². The summed E-state index contributed by atoms with van der Waals surface area (Å²) in [5.74, 6) is 0.0878. The Morgan fingerprint density at radius 3 is 2.35 bits per heavy atom. The fourth-order valence-electron chi connectivity index (χ4n) is 1.89. The molecule has 0 unspecified atom stereocenters. The lowest BCUT2D eigenvalue weighted by atomic mass is 9.89. The molecule has 1 saturated carbocycles. The van der Waals surface area contributed by atoms with Crippen LogP contribution in [0.25, 0.3) is 0 Å². The number of aliphatic hydroxyl groups excluding tert-OH is 1. The van der Waals surface area contributed by atoms with Crippen LogP contribution >= 0.6 is 0 Å². The van der Waals surface area contributed by atoms with Gasteiger partial charge in [-0.1, -0.05) is 27.7 Å². The Morgan fingerprint density at radius 1 is 1.47 bits per heavy atom. The molecule has 2 atom stereocenters. The third kappa shape index (κ3) is 2.80. The summed E-state index contributed by atoms with van der Waals surface area (Å²) in [6.07, 6.45) is 1.19. The zero-order valence-electron chi connectivity index (χ0n) is 12.0. The maximum Gasteiger partial charge on any atom is 0.193 e. The summed E-state index contributed by atoms with van der Waals surface area (Å²) in [5, 5.41) is 9.42. The molecule has 0 aromatic carbocycles. The first kappa shape index (κ1) is 14.9. The number of carbonyl (C=O) groups is 1. The lowest BCUT2D eigenvalue weighted by Gasteiger charge is -2.38. The molecule has 0 amide bonds. The molecule has 1 N–H and O–H groups in total. The first-order valence-corrected chi connectivity index (χ1v) is 9.27. The van der Waals surface area contributed by atoms with Crippen molar-refractivity contribution in [1.82, 2.24) is 0 Å². The van der Waals surface area contributed by atoms with Crippen molar-refractivity contribution in [3.63, 3.8) is 0 Å². The van der Waals surface area contributed by atoms with E-state index in [1.165, 1.54) is 0 Å². The van der Waals surface area contributed by atoms with E-state index in [1.807, 2.05) is 6.92 Å². The van der Waals surface area contributed by atoms with Crippen molar-refractivity contribution in [3.8, 4) is 0 Å². The minimum absolute atomic E-state index is 0.0663. The van der Waals surface area contributed by atoms with Gasteiger partial charge in [-0.3, -0.25) is 4.79 Å². The molecule has 1 rings (SSSR count). The average molecular weight is 258 g/mol. The van der Waals surface area contributed by atoms with E-state index in [9.17, 15) is 9.90 Å². The van der Waals surface area contributed by atoms with E-state index in [4.69, 9.17) is 4.43 Å². The zero-order chi connectivity index (χ0) is 13.5. The number of hydrogen-bond donors (Lipinski definition) is 1. The number of hydrogen-bond acceptors (Lipinski definition) is 3.